The third-order valence-electron chi connectivity index (χ3n) is 3.32. The molecule has 3 N–H and O–H groups in total. The van der Waals surface area contributed by atoms with Crippen LogP contribution in [0.1, 0.15) is 35.4 Å². The Morgan fingerprint density at radius 3 is 2.48 bits per heavy atom. The Balaban J connectivity index is 1.60. The Hall–Kier alpha value is -1.89. The van der Waals surface area contributed by atoms with Crippen LogP contribution in [-0.2, 0) is 9.59 Å². The molecule has 2 rings (SSSR count). The summed E-state index contributed by atoms with van der Waals surface area (Å²) < 4.78 is 0. The zero-order valence-electron chi connectivity index (χ0n) is 11.7. The molecule has 1 saturated carbocycles. The van der Waals surface area contributed by atoms with Crippen molar-refractivity contribution in [2.24, 2.45) is 0 Å². The number of hydrogen-bond acceptors (Lipinski definition) is 4. The largest absolute Gasteiger partial charge is 0.352 e. The van der Waals surface area contributed by atoms with Crippen molar-refractivity contribution in [2.45, 2.75) is 31.7 Å². The van der Waals surface area contributed by atoms with Gasteiger partial charge in [-0.2, -0.15) is 0 Å². The van der Waals surface area contributed by atoms with E-state index in [1.807, 2.05) is 0 Å². The number of amides is 3. The van der Waals surface area contributed by atoms with Gasteiger partial charge in [0.25, 0.3) is 5.91 Å². The van der Waals surface area contributed by atoms with Crippen LogP contribution in [0.3, 0.4) is 0 Å². The van der Waals surface area contributed by atoms with Gasteiger partial charge < -0.3 is 16.0 Å². The lowest BCUT2D eigenvalue weighted by molar-refractivity contribution is -0.125. The second-order valence-electron chi connectivity index (χ2n) is 4.99. The van der Waals surface area contributed by atoms with Crippen molar-refractivity contribution in [3.63, 3.8) is 0 Å². The van der Waals surface area contributed by atoms with Crippen molar-refractivity contribution in [1.29, 1.82) is 0 Å². The second kappa shape index (κ2) is 7.78. The van der Waals surface area contributed by atoms with Crippen LogP contribution in [-0.4, -0.2) is 36.9 Å². The number of hydrogen-bond donors (Lipinski definition) is 3. The molecule has 0 spiro atoms. The van der Waals surface area contributed by atoms with E-state index in [-0.39, 0.29) is 36.9 Å². The van der Waals surface area contributed by atoms with Crippen molar-refractivity contribution >= 4 is 29.1 Å². The van der Waals surface area contributed by atoms with Crippen LogP contribution in [0.5, 0.6) is 0 Å². The quantitative estimate of drug-likeness (QED) is 0.721. The first-order valence-electron chi connectivity index (χ1n) is 7.03. The lowest BCUT2D eigenvalue weighted by Crippen LogP contribution is -2.44. The van der Waals surface area contributed by atoms with E-state index < -0.39 is 0 Å². The summed E-state index contributed by atoms with van der Waals surface area (Å²) in [5.74, 6) is -0.836. The molecule has 0 atom stereocenters. The van der Waals surface area contributed by atoms with Crippen LogP contribution in [0.25, 0.3) is 0 Å². The highest BCUT2D eigenvalue weighted by Gasteiger charge is 2.17. The third-order valence-corrected chi connectivity index (χ3v) is 4.19. The summed E-state index contributed by atoms with van der Waals surface area (Å²) in [6.45, 7) is -0.183. The molecule has 1 aromatic heterocycles. The molecular formula is C14H19N3O3S. The lowest BCUT2D eigenvalue weighted by Gasteiger charge is -2.12. The average Bonchev–Trinajstić information content (AvgIpc) is 3.15. The van der Waals surface area contributed by atoms with Gasteiger partial charge in [-0.05, 0) is 24.3 Å². The van der Waals surface area contributed by atoms with Crippen LogP contribution >= 0.6 is 11.3 Å². The van der Waals surface area contributed by atoms with Gasteiger partial charge in [-0.3, -0.25) is 14.4 Å². The Bertz CT molecular complexity index is 496. The zero-order chi connectivity index (χ0) is 15.1. The highest BCUT2D eigenvalue weighted by Crippen LogP contribution is 2.17. The predicted octanol–water partition coefficient (Wildman–Crippen LogP) is 0.653. The van der Waals surface area contributed by atoms with Crippen LogP contribution in [0.2, 0.25) is 0 Å². The van der Waals surface area contributed by atoms with Crippen molar-refractivity contribution in [1.82, 2.24) is 16.0 Å². The van der Waals surface area contributed by atoms with E-state index >= 15 is 0 Å². The smallest absolute Gasteiger partial charge is 0.261 e. The number of nitrogens with one attached hydrogen (secondary N) is 3. The van der Waals surface area contributed by atoms with Gasteiger partial charge >= 0.3 is 0 Å². The summed E-state index contributed by atoms with van der Waals surface area (Å²) in [5, 5.41) is 9.68. The number of carbonyl (C=O) groups is 3. The standard InChI is InChI=1S/C14H19N3O3S/c18-12(8-16-14(20)11-6-3-7-21-11)15-9-13(19)17-10-4-1-2-5-10/h3,6-7,10H,1-2,4-5,8-9H2,(H,15,18)(H,16,20)(H,17,19). The van der Waals surface area contributed by atoms with Gasteiger partial charge in [0.1, 0.15) is 0 Å². The minimum atomic E-state index is -0.374. The Morgan fingerprint density at radius 1 is 1.10 bits per heavy atom. The fourth-order valence-corrected chi connectivity index (χ4v) is 2.89. The topological polar surface area (TPSA) is 87.3 Å². The number of rotatable bonds is 6. The summed E-state index contributed by atoms with van der Waals surface area (Å²) >= 11 is 1.31. The Labute approximate surface area is 127 Å². The van der Waals surface area contributed by atoms with Crippen LogP contribution < -0.4 is 16.0 Å². The fraction of sp³-hybridized carbons (Fsp3) is 0.500. The minimum Gasteiger partial charge on any atom is -0.352 e. The van der Waals surface area contributed by atoms with Gasteiger partial charge in [-0.1, -0.05) is 18.9 Å². The first-order chi connectivity index (χ1) is 10.1. The molecule has 114 valence electrons. The number of thiophene rings is 1. The van der Waals surface area contributed by atoms with E-state index in [4.69, 9.17) is 0 Å². The van der Waals surface area contributed by atoms with Crippen LogP contribution in [0.4, 0.5) is 0 Å². The molecule has 21 heavy (non-hydrogen) atoms. The molecule has 1 aliphatic rings. The van der Waals surface area contributed by atoms with Crippen LogP contribution in [0.15, 0.2) is 17.5 Å². The molecule has 0 aromatic carbocycles. The van der Waals surface area contributed by atoms with Crippen molar-refractivity contribution in [3.8, 4) is 0 Å². The molecule has 1 fully saturated rings. The van der Waals surface area contributed by atoms with Gasteiger partial charge in [0.2, 0.25) is 11.8 Å². The molecule has 7 heteroatoms. The summed E-state index contributed by atoms with van der Waals surface area (Å²) in [5.41, 5.74) is 0. The maximum atomic E-state index is 11.6. The second-order valence-corrected chi connectivity index (χ2v) is 5.93. The molecule has 0 aliphatic heterocycles. The first kappa shape index (κ1) is 15.5. The monoisotopic (exact) mass is 309 g/mol. The molecule has 1 aliphatic carbocycles. The molecule has 3 amide bonds. The Kier molecular flexibility index (Phi) is 5.74. The van der Waals surface area contributed by atoms with Crippen LogP contribution in [0, 0.1) is 0 Å². The van der Waals surface area contributed by atoms with Crippen molar-refractivity contribution in [2.75, 3.05) is 13.1 Å². The van der Waals surface area contributed by atoms with E-state index in [1.54, 1.807) is 17.5 Å². The highest BCUT2D eigenvalue weighted by molar-refractivity contribution is 7.12. The molecule has 0 saturated heterocycles. The van der Waals surface area contributed by atoms with E-state index in [2.05, 4.69) is 16.0 Å². The summed E-state index contributed by atoms with van der Waals surface area (Å²) in [6, 6.07) is 3.70. The summed E-state index contributed by atoms with van der Waals surface area (Å²) in [4.78, 5) is 35.3. The fourth-order valence-electron chi connectivity index (χ4n) is 2.25. The first-order valence-corrected chi connectivity index (χ1v) is 7.91. The van der Waals surface area contributed by atoms with Gasteiger partial charge in [0.05, 0.1) is 18.0 Å². The average molecular weight is 309 g/mol. The predicted molar refractivity (Wildman–Crippen MR) is 80.1 cm³/mol. The van der Waals surface area contributed by atoms with E-state index in [9.17, 15) is 14.4 Å². The SMILES string of the molecule is O=C(CNC(=O)c1cccs1)NCC(=O)NC1CCCC1. The minimum absolute atomic E-state index is 0.0514. The van der Waals surface area contributed by atoms with Gasteiger partial charge in [-0.15, -0.1) is 11.3 Å². The molecule has 0 bridgehead atoms. The number of carbonyl (C=O) groups excluding carboxylic acids is 3. The van der Waals surface area contributed by atoms with E-state index in [1.165, 1.54) is 11.3 Å². The Morgan fingerprint density at radius 2 is 1.81 bits per heavy atom. The lowest BCUT2D eigenvalue weighted by atomic mass is 10.2. The van der Waals surface area contributed by atoms with E-state index in [0.29, 0.717) is 4.88 Å². The van der Waals surface area contributed by atoms with Crippen molar-refractivity contribution < 1.29 is 14.4 Å². The van der Waals surface area contributed by atoms with E-state index in [0.717, 1.165) is 25.7 Å². The molecular weight excluding hydrogens is 290 g/mol. The summed E-state index contributed by atoms with van der Waals surface area (Å²) in [6.07, 6.45) is 4.31. The molecule has 1 heterocycles. The molecule has 0 radical (unpaired) electrons. The zero-order valence-corrected chi connectivity index (χ0v) is 12.5. The summed E-state index contributed by atoms with van der Waals surface area (Å²) in [7, 11) is 0. The molecule has 6 nitrogen and oxygen atoms in total. The molecule has 1 aromatic rings. The molecule has 0 unspecified atom stereocenters. The normalized spacial score (nSPS) is 14.7. The highest BCUT2D eigenvalue weighted by atomic mass is 32.1. The third kappa shape index (κ3) is 5.18. The van der Waals surface area contributed by atoms with Crippen molar-refractivity contribution in [3.05, 3.63) is 22.4 Å². The maximum absolute atomic E-state index is 11.6. The van der Waals surface area contributed by atoms with Gasteiger partial charge in [-0.25, -0.2) is 0 Å². The maximum Gasteiger partial charge on any atom is 0.261 e. The van der Waals surface area contributed by atoms with Gasteiger partial charge in [0.15, 0.2) is 0 Å². The van der Waals surface area contributed by atoms with Gasteiger partial charge in [0, 0.05) is 6.04 Å².